The van der Waals surface area contributed by atoms with E-state index in [4.69, 9.17) is 5.11 Å². The van der Waals surface area contributed by atoms with Crippen LogP contribution in [0.4, 0.5) is 8.78 Å². The van der Waals surface area contributed by atoms with Gasteiger partial charge in [0.25, 0.3) is 12.3 Å². The highest BCUT2D eigenvalue weighted by Crippen LogP contribution is 2.19. The Balaban J connectivity index is 2.08. The first-order valence-corrected chi connectivity index (χ1v) is 5.94. The number of aromatic nitrogens is 1. The molecule has 1 atom stereocenters. The van der Waals surface area contributed by atoms with Crippen molar-refractivity contribution in [1.29, 1.82) is 0 Å². The second-order valence-electron chi connectivity index (χ2n) is 4.51. The van der Waals surface area contributed by atoms with Crippen molar-refractivity contribution >= 4 is 11.9 Å². The van der Waals surface area contributed by atoms with Crippen LogP contribution in [0.1, 0.15) is 16.9 Å². The fourth-order valence-corrected chi connectivity index (χ4v) is 2.22. The Hall–Kier alpha value is -1.92. The van der Waals surface area contributed by atoms with Gasteiger partial charge in [-0.15, -0.1) is 0 Å². The van der Waals surface area contributed by atoms with Gasteiger partial charge in [-0.05, 0) is 18.6 Å². The molecule has 1 aromatic heterocycles. The van der Waals surface area contributed by atoms with Crippen molar-refractivity contribution in [2.24, 2.45) is 5.92 Å². The highest BCUT2D eigenvalue weighted by Gasteiger charge is 2.32. The minimum Gasteiger partial charge on any atom is -0.481 e. The summed E-state index contributed by atoms with van der Waals surface area (Å²) in [5, 5.41) is 8.87. The molecule has 104 valence electrons. The van der Waals surface area contributed by atoms with Crippen LogP contribution in [-0.2, 0) is 11.3 Å². The lowest BCUT2D eigenvalue weighted by Crippen LogP contribution is -2.31. The van der Waals surface area contributed by atoms with Gasteiger partial charge in [0.1, 0.15) is 5.69 Å². The molecule has 1 aromatic rings. The first-order valence-electron chi connectivity index (χ1n) is 5.94. The molecule has 2 heterocycles. The van der Waals surface area contributed by atoms with Crippen LogP contribution in [0.5, 0.6) is 0 Å². The monoisotopic (exact) mass is 272 g/mol. The molecule has 1 fully saturated rings. The van der Waals surface area contributed by atoms with Gasteiger partial charge in [-0.2, -0.15) is 0 Å². The SMILES string of the molecule is O=C(O)C1CCN(C(=O)c2cccn2CC(F)F)C1. The molecule has 0 saturated carbocycles. The fourth-order valence-electron chi connectivity index (χ4n) is 2.22. The van der Waals surface area contributed by atoms with Crippen LogP contribution in [0.15, 0.2) is 18.3 Å². The maximum atomic E-state index is 12.4. The number of halogens is 2. The molecule has 2 rings (SSSR count). The van der Waals surface area contributed by atoms with E-state index < -0.39 is 30.8 Å². The van der Waals surface area contributed by atoms with Crippen LogP contribution in [-0.4, -0.2) is 46.0 Å². The van der Waals surface area contributed by atoms with Gasteiger partial charge in [-0.25, -0.2) is 8.78 Å². The van der Waals surface area contributed by atoms with Crippen molar-refractivity contribution in [3.63, 3.8) is 0 Å². The number of carbonyl (C=O) groups is 2. The molecule has 1 unspecified atom stereocenters. The summed E-state index contributed by atoms with van der Waals surface area (Å²) in [6.45, 7) is -0.0616. The Morgan fingerprint density at radius 2 is 2.21 bits per heavy atom. The number of rotatable bonds is 4. The predicted octanol–water partition coefficient (Wildman–Crippen LogP) is 1.30. The van der Waals surface area contributed by atoms with E-state index in [1.54, 1.807) is 0 Å². The molecule has 0 spiro atoms. The zero-order valence-corrected chi connectivity index (χ0v) is 10.1. The average molecular weight is 272 g/mol. The summed E-state index contributed by atoms with van der Waals surface area (Å²) in [4.78, 5) is 24.4. The summed E-state index contributed by atoms with van der Waals surface area (Å²) < 4.78 is 25.9. The molecule has 1 aliphatic rings. The molecule has 0 radical (unpaired) electrons. The molecule has 19 heavy (non-hydrogen) atoms. The molecular formula is C12H14F2N2O3. The molecule has 1 saturated heterocycles. The lowest BCUT2D eigenvalue weighted by molar-refractivity contribution is -0.141. The van der Waals surface area contributed by atoms with E-state index in [0.29, 0.717) is 13.0 Å². The van der Waals surface area contributed by atoms with Crippen molar-refractivity contribution in [1.82, 2.24) is 9.47 Å². The Morgan fingerprint density at radius 1 is 1.47 bits per heavy atom. The van der Waals surface area contributed by atoms with Gasteiger partial charge in [0.2, 0.25) is 0 Å². The summed E-state index contributed by atoms with van der Waals surface area (Å²) in [5.41, 5.74) is 0.173. The van der Waals surface area contributed by atoms with Crippen LogP contribution in [0.2, 0.25) is 0 Å². The number of carboxylic acid groups (broad SMARTS) is 1. The van der Waals surface area contributed by atoms with Gasteiger partial charge in [0.05, 0.1) is 12.5 Å². The number of nitrogens with zero attached hydrogens (tertiary/aromatic N) is 2. The Morgan fingerprint density at radius 3 is 2.79 bits per heavy atom. The number of alkyl halides is 2. The summed E-state index contributed by atoms with van der Waals surface area (Å²) in [7, 11) is 0. The predicted molar refractivity (Wildman–Crippen MR) is 62.1 cm³/mol. The van der Waals surface area contributed by atoms with E-state index in [1.807, 2.05) is 0 Å². The fraction of sp³-hybridized carbons (Fsp3) is 0.500. The zero-order chi connectivity index (χ0) is 14.0. The standard InChI is InChI=1S/C12H14F2N2O3/c13-10(14)7-15-4-1-2-9(15)11(17)16-5-3-8(6-16)12(18)19/h1-2,4,8,10H,3,5-7H2,(H,18,19). The molecule has 1 aliphatic heterocycles. The number of likely N-dealkylation sites (tertiary alicyclic amines) is 1. The number of hydrogen-bond acceptors (Lipinski definition) is 2. The van der Waals surface area contributed by atoms with Gasteiger partial charge >= 0.3 is 5.97 Å². The molecular weight excluding hydrogens is 258 g/mol. The maximum Gasteiger partial charge on any atom is 0.308 e. The molecule has 1 amide bonds. The Bertz CT molecular complexity index is 487. The summed E-state index contributed by atoms with van der Waals surface area (Å²) >= 11 is 0. The van der Waals surface area contributed by atoms with Crippen molar-refractivity contribution in [3.8, 4) is 0 Å². The third-order valence-corrected chi connectivity index (χ3v) is 3.21. The van der Waals surface area contributed by atoms with E-state index in [1.165, 1.54) is 27.8 Å². The molecule has 0 aliphatic carbocycles. The minimum atomic E-state index is -2.54. The summed E-state index contributed by atoms with van der Waals surface area (Å²) in [6, 6.07) is 3.00. The molecule has 1 N–H and O–H groups in total. The van der Waals surface area contributed by atoms with Crippen molar-refractivity contribution < 1.29 is 23.5 Å². The van der Waals surface area contributed by atoms with Crippen molar-refractivity contribution in [2.75, 3.05) is 13.1 Å². The van der Waals surface area contributed by atoms with Crippen molar-refractivity contribution in [2.45, 2.75) is 19.4 Å². The van der Waals surface area contributed by atoms with Crippen molar-refractivity contribution in [3.05, 3.63) is 24.0 Å². The topological polar surface area (TPSA) is 62.5 Å². The summed E-state index contributed by atoms with van der Waals surface area (Å²) in [6.07, 6.45) is -0.717. The van der Waals surface area contributed by atoms with Gasteiger partial charge < -0.3 is 14.6 Å². The summed E-state index contributed by atoms with van der Waals surface area (Å²) in [5.74, 6) is -1.89. The van der Waals surface area contributed by atoms with Gasteiger partial charge in [-0.3, -0.25) is 9.59 Å². The third kappa shape index (κ3) is 2.91. The van der Waals surface area contributed by atoms with Crippen LogP contribution in [0.25, 0.3) is 0 Å². The lowest BCUT2D eigenvalue weighted by atomic mass is 10.1. The first kappa shape index (κ1) is 13.5. The molecule has 0 bridgehead atoms. The van der Waals surface area contributed by atoms with E-state index >= 15 is 0 Å². The molecule has 7 heteroatoms. The third-order valence-electron chi connectivity index (χ3n) is 3.21. The molecule has 5 nitrogen and oxygen atoms in total. The van der Waals surface area contributed by atoms with Gasteiger partial charge in [0, 0.05) is 19.3 Å². The largest absolute Gasteiger partial charge is 0.481 e. The lowest BCUT2D eigenvalue weighted by Gasteiger charge is -2.17. The average Bonchev–Trinajstić information content (AvgIpc) is 2.95. The highest BCUT2D eigenvalue weighted by molar-refractivity contribution is 5.93. The van der Waals surface area contributed by atoms with Crippen LogP contribution in [0, 0.1) is 5.92 Å². The number of hydrogen-bond donors (Lipinski definition) is 1. The quantitative estimate of drug-likeness (QED) is 0.898. The number of carboxylic acids is 1. The van der Waals surface area contributed by atoms with Gasteiger partial charge in [-0.1, -0.05) is 0 Å². The van der Waals surface area contributed by atoms with Crippen LogP contribution >= 0.6 is 0 Å². The maximum absolute atomic E-state index is 12.4. The van der Waals surface area contributed by atoms with E-state index in [0.717, 1.165) is 0 Å². The Kier molecular flexibility index (Phi) is 3.82. The number of amides is 1. The number of aliphatic carboxylic acids is 1. The Labute approximate surface area is 108 Å². The smallest absolute Gasteiger partial charge is 0.308 e. The molecule has 0 aromatic carbocycles. The second-order valence-corrected chi connectivity index (χ2v) is 4.51. The van der Waals surface area contributed by atoms with E-state index in [-0.39, 0.29) is 12.2 Å². The van der Waals surface area contributed by atoms with Crippen LogP contribution in [0.3, 0.4) is 0 Å². The van der Waals surface area contributed by atoms with E-state index in [9.17, 15) is 18.4 Å². The first-order chi connectivity index (χ1) is 8.99. The zero-order valence-electron chi connectivity index (χ0n) is 10.1. The van der Waals surface area contributed by atoms with Gasteiger partial charge in [0.15, 0.2) is 0 Å². The van der Waals surface area contributed by atoms with Crippen LogP contribution < -0.4 is 0 Å². The highest BCUT2D eigenvalue weighted by atomic mass is 19.3. The normalized spacial score (nSPS) is 19.1. The number of carbonyl (C=O) groups excluding carboxylic acids is 1. The second kappa shape index (κ2) is 5.38. The van der Waals surface area contributed by atoms with E-state index in [2.05, 4.69) is 0 Å². The minimum absolute atomic E-state index is 0.133.